The maximum absolute atomic E-state index is 11.6. The number of carbonyl (C=O) groups is 2. The molecular formula is C18H21N3O4. The minimum atomic E-state index is -0.978. The number of rotatable bonds is 5. The number of aromatic nitrogens is 2. The SMILES string of the molecule is COC(=O)c1ccc2c(c1)CCC(NCc1ncc(C(=O)O)n1C)C2. The van der Waals surface area contributed by atoms with Crippen LogP contribution in [0.3, 0.4) is 0 Å². The van der Waals surface area contributed by atoms with Crippen molar-refractivity contribution in [3.05, 3.63) is 52.6 Å². The number of hydrogen-bond acceptors (Lipinski definition) is 5. The Morgan fingerprint density at radius 1 is 1.40 bits per heavy atom. The van der Waals surface area contributed by atoms with Crippen LogP contribution in [-0.2, 0) is 31.2 Å². The Hall–Kier alpha value is -2.67. The minimum Gasteiger partial charge on any atom is -0.477 e. The highest BCUT2D eigenvalue weighted by atomic mass is 16.5. The van der Waals surface area contributed by atoms with E-state index in [1.807, 2.05) is 12.1 Å². The number of aryl methyl sites for hydroxylation is 1. The van der Waals surface area contributed by atoms with Crippen LogP contribution in [0.2, 0.25) is 0 Å². The Bertz CT molecular complexity index is 813. The minimum absolute atomic E-state index is 0.182. The van der Waals surface area contributed by atoms with Crippen LogP contribution in [0.15, 0.2) is 24.4 Å². The molecule has 1 aliphatic rings. The van der Waals surface area contributed by atoms with Crippen molar-refractivity contribution in [2.75, 3.05) is 7.11 Å². The van der Waals surface area contributed by atoms with Gasteiger partial charge < -0.3 is 19.7 Å². The molecule has 2 aromatic rings. The van der Waals surface area contributed by atoms with Crippen LogP contribution in [0, 0.1) is 0 Å². The average molecular weight is 343 g/mol. The fourth-order valence-corrected chi connectivity index (χ4v) is 3.22. The van der Waals surface area contributed by atoms with Crippen molar-refractivity contribution in [3.63, 3.8) is 0 Å². The van der Waals surface area contributed by atoms with Crippen molar-refractivity contribution < 1.29 is 19.4 Å². The molecule has 1 atom stereocenters. The van der Waals surface area contributed by atoms with Crippen LogP contribution in [0.1, 0.15) is 44.2 Å². The Balaban J connectivity index is 1.64. The summed E-state index contributed by atoms with van der Waals surface area (Å²) in [6.07, 6.45) is 4.09. The number of aromatic carboxylic acids is 1. The number of esters is 1. The maximum atomic E-state index is 11.6. The summed E-state index contributed by atoms with van der Waals surface area (Å²) in [5.74, 6) is -0.592. The first-order valence-electron chi connectivity index (χ1n) is 8.17. The fraction of sp³-hybridized carbons (Fsp3) is 0.389. The van der Waals surface area contributed by atoms with Crippen molar-refractivity contribution in [1.82, 2.24) is 14.9 Å². The average Bonchev–Trinajstić information content (AvgIpc) is 2.99. The van der Waals surface area contributed by atoms with E-state index < -0.39 is 5.97 Å². The van der Waals surface area contributed by atoms with E-state index in [4.69, 9.17) is 9.84 Å². The van der Waals surface area contributed by atoms with Crippen molar-refractivity contribution in [1.29, 1.82) is 0 Å². The smallest absolute Gasteiger partial charge is 0.354 e. The van der Waals surface area contributed by atoms with E-state index in [-0.39, 0.29) is 11.7 Å². The molecule has 7 nitrogen and oxygen atoms in total. The molecular weight excluding hydrogens is 322 g/mol. The van der Waals surface area contributed by atoms with Crippen LogP contribution in [0.5, 0.6) is 0 Å². The summed E-state index contributed by atoms with van der Waals surface area (Å²) >= 11 is 0. The van der Waals surface area contributed by atoms with Crippen LogP contribution >= 0.6 is 0 Å². The van der Waals surface area contributed by atoms with E-state index in [1.165, 1.54) is 24.4 Å². The zero-order valence-corrected chi connectivity index (χ0v) is 14.3. The fourth-order valence-electron chi connectivity index (χ4n) is 3.22. The van der Waals surface area contributed by atoms with E-state index in [9.17, 15) is 9.59 Å². The van der Waals surface area contributed by atoms with E-state index in [2.05, 4.69) is 10.3 Å². The number of ether oxygens (including phenoxy) is 1. The number of carboxylic acid groups (broad SMARTS) is 1. The Labute approximate surface area is 145 Å². The molecule has 0 saturated heterocycles. The molecule has 1 aromatic heterocycles. The number of fused-ring (bicyclic) bond motifs is 1. The van der Waals surface area contributed by atoms with Gasteiger partial charge >= 0.3 is 11.9 Å². The van der Waals surface area contributed by atoms with Gasteiger partial charge in [0.2, 0.25) is 0 Å². The van der Waals surface area contributed by atoms with Gasteiger partial charge in [0.1, 0.15) is 11.5 Å². The summed E-state index contributed by atoms with van der Waals surface area (Å²) in [5, 5.41) is 12.5. The zero-order valence-electron chi connectivity index (χ0n) is 14.3. The lowest BCUT2D eigenvalue weighted by molar-refractivity contribution is 0.0599. The number of imidazole rings is 1. The molecule has 0 fully saturated rings. The van der Waals surface area contributed by atoms with Crippen molar-refractivity contribution in [2.24, 2.45) is 7.05 Å². The molecule has 132 valence electrons. The van der Waals surface area contributed by atoms with Crippen LogP contribution in [0.4, 0.5) is 0 Å². The number of methoxy groups -OCH3 is 1. The molecule has 25 heavy (non-hydrogen) atoms. The molecule has 0 aliphatic heterocycles. The van der Waals surface area contributed by atoms with Crippen LogP contribution in [-0.4, -0.2) is 39.7 Å². The lowest BCUT2D eigenvalue weighted by Gasteiger charge is -2.26. The van der Waals surface area contributed by atoms with Gasteiger partial charge in [0.15, 0.2) is 0 Å². The molecule has 7 heteroatoms. The third-order valence-electron chi connectivity index (χ3n) is 4.71. The van der Waals surface area contributed by atoms with E-state index in [1.54, 1.807) is 17.7 Å². The predicted octanol–water partition coefficient (Wildman–Crippen LogP) is 1.55. The third-order valence-corrected chi connectivity index (χ3v) is 4.71. The van der Waals surface area contributed by atoms with Crippen molar-refractivity contribution in [3.8, 4) is 0 Å². The molecule has 1 heterocycles. The summed E-state index contributed by atoms with van der Waals surface area (Å²) < 4.78 is 6.36. The Morgan fingerprint density at radius 3 is 2.88 bits per heavy atom. The van der Waals surface area contributed by atoms with Crippen LogP contribution in [0.25, 0.3) is 0 Å². The summed E-state index contributed by atoms with van der Waals surface area (Å²) in [5.41, 5.74) is 3.18. The van der Waals surface area contributed by atoms with Gasteiger partial charge in [0.25, 0.3) is 0 Å². The number of nitrogens with zero attached hydrogens (tertiary/aromatic N) is 2. The molecule has 0 bridgehead atoms. The highest BCUT2D eigenvalue weighted by Crippen LogP contribution is 2.23. The van der Waals surface area contributed by atoms with Gasteiger partial charge in [-0.1, -0.05) is 6.07 Å². The van der Waals surface area contributed by atoms with Gasteiger partial charge in [-0.2, -0.15) is 0 Å². The number of carboxylic acids is 1. The monoisotopic (exact) mass is 343 g/mol. The highest BCUT2D eigenvalue weighted by Gasteiger charge is 2.21. The lowest BCUT2D eigenvalue weighted by Crippen LogP contribution is -2.35. The molecule has 1 aromatic carbocycles. The van der Waals surface area contributed by atoms with Gasteiger partial charge in [-0.05, 0) is 42.5 Å². The Morgan fingerprint density at radius 2 is 2.20 bits per heavy atom. The zero-order chi connectivity index (χ0) is 18.0. The molecule has 1 aliphatic carbocycles. The maximum Gasteiger partial charge on any atom is 0.354 e. The normalized spacial score (nSPS) is 16.3. The summed E-state index contributed by atoms with van der Waals surface area (Å²) in [6.45, 7) is 0.518. The Kier molecular flexibility index (Phi) is 4.85. The first kappa shape index (κ1) is 17.2. The number of nitrogens with one attached hydrogen (secondary N) is 1. The summed E-state index contributed by atoms with van der Waals surface area (Å²) in [6, 6.07) is 5.99. The molecule has 2 N–H and O–H groups in total. The largest absolute Gasteiger partial charge is 0.477 e. The first-order valence-corrected chi connectivity index (χ1v) is 8.17. The van der Waals surface area contributed by atoms with Gasteiger partial charge in [-0.25, -0.2) is 14.6 Å². The molecule has 0 radical (unpaired) electrons. The number of hydrogen-bond donors (Lipinski definition) is 2. The van der Waals surface area contributed by atoms with Gasteiger partial charge in [-0.3, -0.25) is 0 Å². The lowest BCUT2D eigenvalue weighted by atomic mass is 9.87. The van der Waals surface area contributed by atoms with Gasteiger partial charge in [0.05, 0.1) is 25.4 Å². The molecule has 0 spiro atoms. The molecule has 0 saturated carbocycles. The van der Waals surface area contributed by atoms with Gasteiger partial charge in [-0.15, -0.1) is 0 Å². The van der Waals surface area contributed by atoms with E-state index in [0.29, 0.717) is 24.0 Å². The topological polar surface area (TPSA) is 93.4 Å². The van der Waals surface area contributed by atoms with E-state index in [0.717, 1.165) is 19.3 Å². The number of benzene rings is 1. The van der Waals surface area contributed by atoms with E-state index >= 15 is 0 Å². The second-order valence-electron chi connectivity index (χ2n) is 6.22. The standard InChI is InChI=1S/C18H21N3O4/c1-21-15(17(22)23)9-20-16(21)10-19-14-6-5-11-7-13(18(24)25-2)4-3-12(11)8-14/h3-4,7,9,14,19H,5-6,8,10H2,1-2H3,(H,22,23). The van der Waals surface area contributed by atoms with Crippen LogP contribution < -0.4 is 5.32 Å². The highest BCUT2D eigenvalue weighted by molar-refractivity contribution is 5.89. The summed E-state index contributed by atoms with van der Waals surface area (Å²) in [4.78, 5) is 26.9. The summed E-state index contributed by atoms with van der Waals surface area (Å²) in [7, 11) is 3.09. The molecule has 3 rings (SSSR count). The predicted molar refractivity (Wildman–Crippen MR) is 90.6 cm³/mol. The number of carbonyl (C=O) groups excluding carboxylic acids is 1. The quantitative estimate of drug-likeness (QED) is 0.800. The van der Waals surface area contributed by atoms with Gasteiger partial charge in [0, 0.05) is 13.1 Å². The molecule has 1 unspecified atom stereocenters. The first-order chi connectivity index (χ1) is 12.0. The molecule has 0 amide bonds. The van der Waals surface area contributed by atoms with Crippen molar-refractivity contribution in [2.45, 2.75) is 31.8 Å². The second kappa shape index (κ2) is 7.06. The third kappa shape index (κ3) is 3.56. The van der Waals surface area contributed by atoms with Crippen molar-refractivity contribution >= 4 is 11.9 Å². The second-order valence-corrected chi connectivity index (χ2v) is 6.22.